The van der Waals surface area contributed by atoms with E-state index in [1.165, 1.54) is 0 Å². The number of hydrogen-bond acceptors (Lipinski definition) is 2. The quantitative estimate of drug-likeness (QED) is 0.681. The number of carbonyl (C=O) groups is 1. The van der Waals surface area contributed by atoms with E-state index < -0.39 is 0 Å². The van der Waals surface area contributed by atoms with Crippen molar-refractivity contribution >= 4 is 5.91 Å². The van der Waals surface area contributed by atoms with Crippen LogP contribution in [0.3, 0.4) is 0 Å². The molecule has 1 N–H and O–H groups in total. The molecular weight excluding hydrogens is 164 g/mol. The van der Waals surface area contributed by atoms with Gasteiger partial charge in [-0.25, -0.2) is 0 Å². The Morgan fingerprint density at radius 2 is 2.15 bits per heavy atom. The highest BCUT2D eigenvalue weighted by molar-refractivity contribution is 5.76. The van der Waals surface area contributed by atoms with Gasteiger partial charge in [-0.15, -0.1) is 0 Å². The van der Waals surface area contributed by atoms with E-state index in [0.717, 1.165) is 19.3 Å². The van der Waals surface area contributed by atoms with Gasteiger partial charge in [0.15, 0.2) is 0 Å². The highest BCUT2D eigenvalue weighted by atomic mass is 16.1. The van der Waals surface area contributed by atoms with E-state index in [4.69, 9.17) is 5.26 Å². The summed E-state index contributed by atoms with van der Waals surface area (Å²) in [5, 5.41) is 11.5. The van der Waals surface area contributed by atoms with Gasteiger partial charge in [0.25, 0.3) is 0 Å². The monoisotopic (exact) mass is 182 g/mol. The van der Waals surface area contributed by atoms with Crippen LogP contribution in [0.4, 0.5) is 0 Å². The minimum atomic E-state index is -0.109. The van der Waals surface area contributed by atoms with Gasteiger partial charge >= 0.3 is 0 Å². The molecular formula is C10H18N2O. The Bertz CT molecular complexity index is 184. The number of nitriles is 1. The Hall–Kier alpha value is -1.04. The summed E-state index contributed by atoms with van der Waals surface area (Å²) in [5.74, 6) is -0.108. The van der Waals surface area contributed by atoms with Crippen LogP contribution in [0.2, 0.25) is 0 Å². The predicted octanol–water partition coefficient (Wildman–Crippen LogP) is 1.84. The van der Waals surface area contributed by atoms with Gasteiger partial charge < -0.3 is 5.32 Å². The molecule has 0 rings (SSSR count). The van der Waals surface area contributed by atoms with Gasteiger partial charge in [-0.1, -0.05) is 20.3 Å². The van der Waals surface area contributed by atoms with Crippen LogP contribution in [0.5, 0.6) is 0 Å². The zero-order chi connectivity index (χ0) is 10.1. The smallest absolute Gasteiger partial charge is 0.221 e. The third-order valence-electron chi connectivity index (χ3n) is 1.82. The van der Waals surface area contributed by atoms with Crippen LogP contribution in [-0.4, -0.2) is 12.5 Å². The second-order valence-corrected chi connectivity index (χ2v) is 3.17. The Balaban J connectivity index is 3.68. The number of rotatable bonds is 6. The molecule has 0 saturated carbocycles. The molecule has 0 aromatic rings. The van der Waals surface area contributed by atoms with Crippen molar-refractivity contribution in [1.82, 2.24) is 5.32 Å². The number of amides is 1. The lowest BCUT2D eigenvalue weighted by Crippen LogP contribution is -2.25. The van der Waals surface area contributed by atoms with Crippen molar-refractivity contribution in [3.8, 4) is 6.07 Å². The number of carbonyl (C=O) groups excluding carboxylic acids is 1. The molecule has 0 aliphatic carbocycles. The van der Waals surface area contributed by atoms with E-state index >= 15 is 0 Å². The molecule has 0 aromatic carbocycles. The maximum absolute atomic E-state index is 11.2. The van der Waals surface area contributed by atoms with Crippen LogP contribution in [0.1, 0.15) is 39.5 Å². The molecule has 0 heterocycles. The van der Waals surface area contributed by atoms with E-state index in [0.29, 0.717) is 13.0 Å². The van der Waals surface area contributed by atoms with Crippen LogP contribution in [0.25, 0.3) is 0 Å². The maximum atomic E-state index is 11.2. The third-order valence-corrected chi connectivity index (χ3v) is 1.82. The summed E-state index contributed by atoms with van der Waals surface area (Å²) in [4.78, 5) is 11.2. The fraction of sp³-hybridized carbons (Fsp3) is 0.800. The second-order valence-electron chi connectivity index (χ2n) is 3.17. The molecule has 13 heavy (non-hydrogen) atoms. The van der Waals surface area contributed by atoms with E-state index in [1.54, 1.807) is 0 Å². The third kappa shape index (κ3) is 6.15. The first-order valence-electron chi connectivity index (χ1n) is 4.90. The molecule has 74 valence electrons. The highest BCUT2D eigenvalue weighted by Crippen LogP contribution is 2.09. The Morgan fingerprint density at radius 1 is 1.46 bits per heavy atom. The SMILES string of the molecule is CCCNC(=O)CC(C#N)CCC. The molecule has 0 radical (unpaired) electrons. The molecule has 0 fully saturated rings. The standard InChI is InChI=1S/C10H18N2O/c1-3-5-9(8-11)7-10(13)12-6-4-2/h9H,3-7H2,1-2H3,(H,12,13). The fourth-order valence-electron chi connectivity index (χ4n) is 1.12. The van der Waals surface area contributed by atoms with Crippen molar-refractivity contribution < 1.29 is 4.79 Å². The van der Waals surface area contributed by atoms with Crippen LogP contribution < -0.4 is 5.32 Å². The minimum Gasteiger partial charge on any atom is -0.356 e. The predicted molar refractivity (Wildman–Crippen MR) is 51.9 cm³/mol. The van der Waals surface area contributed by atoms with Crippen molar-refractivity contribution in [1.29, 1.82) is 5.26 Å². The molecule has 0 bridgehead atoms. The van der Waals surface area contributed by atoms with Crippen molar-refractivity contribution in [2.24, 2.45) is 5.92 Å². The summed E-state index contributed by atoms with van der Waals surface area (Å²) in [6.07, 6.45) is 3.07. The highest BCUT2D eigenvalue weighted by Gasteiger charge is 2.11. The summed E-state index contributed by atoms with van der Waals surface area (Å²) in [5.41, 5.74) is 0. The molecule has 1 amide bonds. The average molecular weight is 182 g/mol. The van der Waals surface area contributed by atoms with Gasteiger partial charge in [-0.3, -0.25) is 4.79 Å². The first kappa shape index (κ1) is 12.0. The van der Waals surface area contributed by atoms with Gasteiger partial charge in [0, 0.05) is 13.0 Å². The van der Waals surface area contributed by atoms with Crippen molar-refractivity contribution in [2.75, 3.05) is 6.54 Å². The van der Waals surface area contributed by atoms with Gasteiger partial charge in [-0.2, -0.15) is 5.26 Å². The Kier molecular flexibility index (Phi) is 6.99. The topological polar surface area (TPSA) is 52.9 Å². The summed E-state index contributed by atoms with van der Waals surface area (Å²) in [6, 6.07) is 2.15. The summed E-state index contributed by atoms with van der Waals surface area (Å²) in [6.45, 7) is 4.74. The molecule has 0 spiro atoms. The number of nitrogens with one attached hydrogen (secondary N) is 1. The average Bonchev–Trinajstić information content (AvgIpc) is 2.14. The van der Waals surface area contributed by atoms with Gasteiger partial charge in [0.2, 0.25) is 5.91 Å². The van der Waals surface area contributed by atoms with Crippen LogP contribution in [-0.2, 0) is 4.79 Å². The van der Waals surface area contributed by atoms with Crippen LogP contribution in [0, 0.1) is 17.2 Å². The molecule has 0 saturated heterocycles. The summed E-state index contributed by atoms with van der Waals surface area (Å²) >= 11 is 0. The molecule has 1 unspecified atom stereocenters. The van der Waals surface area contributed by atoms with Crippen molar-refractivity contribution in [3.63, 3.8) is 0 Å². The van der Waals surface area contributed by atoms with Gasteiger partial charge in [0.1, 0.15) is 0 Å². The lowest BCUT2D eigenvalue weighted by atomic mass is 10.0. The normalized spacial score (nSPS) is 11.8. The minimum absolute atomic E-state index is 0.00171. The lowest BCUT2D eigenvalue weighted by molar-refractivity contribution is -0.121. The second kappa shape index (κ2) is 7.60. The van der Waals surface area contributed by atoms with Crippen LogP contribution in [0.15, 0.2) is 0 Å². The number of hydrogen-bond donors (Lipinski definition) is 1. The Labute approximate surface area is 80.1 Å². The van der Waals surface area contributed by atoms with Crippen molar-refractivity contribution in [3.05, 3.63) is 0 Å². The summed E-state index contributed by atoms with van der Waals surface area (Å²) < 4.78 is 0. The summed E-state index contributed by atoms with van der Waals surface area (Å²) in [7, 11) is 0. The van der Waals surface area contributed by atoms with Crippen LogP contribution >= 0.6 is 0 Å². The molecule has 0 aromatic heterocycles. The first-order chi connectivity index (χ1) is 6.24. The van der Waals surface area contributed by atoms with E-state index in [-0.39, 0.29) is 11.8 Å². The molecule has 1 atom stereocenters. The fourth-order valence-corrected chi connectivity index (χ4v) is 1.12. The number of nitrogens with zero attached hydrogens (tertiary/aromatic N) is 1. The lowest BCUT2D eigenvalue weighted by Gasteiger charge is -2.07. The Morgan fingerprint density at radius 3 is 2.62 bits per heavy atom. The molecule has 3 nitrogen and oxygen atoms in total. The van der Waals surface area contributed by atoms with Gasteiger partial charge in [-0.05, 0) is 12.8 Å². The first-order valence-corrected chi connectivity index (χ1v) is 4.90. The molecule has 0 aliphatic heterocycles. The zero-order valence-electron chi connectivity index (χ0n) is 8.47. The van der Waals surface area contributed by atoms with E-state index in [2.05, 4.69) is 11.4 Å². The largest absolute Gasteiger partial charge is 0.356 e. The molecule has 3 heteroatoms. The van der Waals surface area contributed by atoms with E-state index in [9.17, 15) is 4.79 Å². The zero-order valence-corrected chi connectivity index (χ0v) is 8.47. The maximum Gasteiger partial charge on any atom is 0.221 e. The van der Waals surface area contributed by atoms with Gasteiger partial charge in [0.05, 0.1) is 12.0 Å². The molecule has 0 aliphatic rings. The van der Waals surface area contributed by atoms with Crippen molar-refractivity contribution in [2.45, 2.75) is 39.5 Å². The van der Waals surface area contributed by atoms with E-state index in [1.807, 2.05) is 13.8 Å².